The van der Waals surface area contributed by atoms with Crippen LogP contribution in [0.3, 0.4) is 0 Å². The number of imidazole rings is 1. The molecule has 0 aliphatic rings. The molecule has 0 spiro atoms. The second-order valence-electron chi connectivity index (χ2n) is 5.48. The summed E-state index contributed by atoms with van der Waals surface area (Å²) in [6.45, 7) is 3.82. The number of nitrogens with one attached hydrogen (secondary N) is 1. The number of hydrogen-bond acceptors (Lipinski definition) is 4. The first-order valence-corrected chi connectivity index (χ1v) is 7.04. The molecule has 0 aliphatic heterocycles. The van der Waals surface area contributed by atoms with E-state index in [1.165, 1.54) is 12.3 Å². The van der Waals surface area contributed by atoms with E-state index in [0.717, 1.165) is 16.9 Å². The lowest BCUT2D eigenvalue weighted by Gasteiger charge is -2.06. The Balaban J connectivity index is 2.00. The Kier molecular flexibility index (Phi) is 2.77. The van der Waals surface area contributed by atoms with Crippen LogP contribution in [0, 0.1) is 19.7 Å². The zero-order valence-corrected chi connectivity index (χ0v) is 12.5. The minimum atomic E-state index is -0.595. The van der Waals surface area contributed by atoms with Gasteiger partial charge in [-0.25, -0.2) is 19.0 Å². The van der Waals surface area contributed by atoms with Gasteiger partial charge in [-0.1, -0.05) is 0 Å². The zero-order chi connectivity index (χ0) is 16.1. The average molecular weight is 309 g/mol. The van der Waals surface area contributed by atoms with Gasteiger partial charge in [0.05, 0.1) is 29.2 Å². The van der Waals surface area contributed by atoms with Crippen LogP contribution in [0.2, 0.25) is 0 Å². The van der Waals surface area contributed by atoms with Gasteiger partial charge in [0.15, 0.2) is 5.65 Å². The molecule has 0 atom stereocenters. The number of halogens is 1. The molecule has 0 radical (unpaired) electrons. The molecule has 0 saturated heterocycles. The van der Waals surface area contributed by atoms with Crippen molar-refractivity contribution in [2.45, 2.75) is 13.8 Å². The van der Waals surface area contributed by atoms with Crippen LogP contribution in [0.5, 0.6) is 0 Å². The largest absolute Gasteiger partial charge is 0.275 e. The van der Waals surface area contributed by atoms with Crippen molar-refractivity contribution >= 4 is 16.4 Å². The van der Waals surface area contributed by atoms with E-state index in [-0.39, 0.29) is 5.39 Å². The maximum Gasteiger partial charge on any atom is 0.275 e. The molecule has 7 heteroatoms. The van der Waals surface area contributed by atoms with E-state index in [9.17, 15) is 9.18 Å². The van der Waals surface area contributed by atoms with Crippen molar-refractivity contribution in [2.24, 2.45) is 0 Å². The Hall–Kier alpha value is -3.09. The summed E-state index contributed by atoms with van der Waals surface area (Å²) >= 11 is 0. The third kappa shape index (κ3) is 2.09. The first-order valence-electron chi connectivity index (χ1n) is 7.04. The number of aromatic nitrogens is 5. The van der Waals surface area contributed by atoms with Crippen molar-refractivity contribution in [3.05, 3.63) is 58.0 Å². The number of H-pyrrole nitrogens is 1. The van der Waals surface area contributed by atoms with Crippen molar-refractivity contribution in [1.82, 2.24) is 24.8 Å². The predicted octanol–water partition coefficient (Wildman–Crippen LogP) is 2.39. The summed E-state index contributed by atoms with van der Waals surface area (Å²) in [5.41, 5.74) is 3.21. The molecule has 0 bridgehead atoms. The average Bonchev–Trinajstić information content (AvgIpc) is 2.88. The lowest BCUT2D eigenvalue weighted by atomic mass is 10.1. The van der Waals surface area contributed by atoms with Gasteiger partial charge in [0.1, 0.15) is 5.82 Å². The number of nitrogens with zero attached hydrogens (tertiary/aromatic N) is 4. The molecule has 6 nitrogen and oxygen atoms in total. The van der Waals surface area contributed by atoms with Crippen molar-refractivity contribution < 1.29 is 4.39 Å². The SMILES string of the molecule is Cc1cn2nc(-c3cc(F)c4c(=O)[nH]ncc4c3)cc(C)c2n1. The molecule has 3 heterocycles. The summed E-state index contributed by atoms with van der Waals surface area (Å²) in [6, 6.07) is 4.87. The maximum absolute atomic E-state index is 14.3. The number of fused-ring (bicyclic) bond motifs is 2. The summed E-state index contributed by atoms with van der Waals surface area (Å²) in [5, 5.41) is 10.9. The highest BCUT2D eigenvalue weighted by Crippen LogP contribution is 2.25. The summed E-state index contributed by atoms with van der Waals surface area (Å²) in [7, 11) is 0. The molecule has 0 saturated carbocycles. The van der Waals surface area contributed by atoms with E-state index in [1.54, 1.807) is 10.6 Å². The first kappa shape index (κ1) is 13.6. The Bertz CT molecular complexity index is 1130. The number of rotatable bonds is 1. The van der Waals surface area contributed by atoms with Crippen LogP contribution in [0.1, 0.15) is 11.3 Å². The standard InChI is InChI=1S/C16H12FN5O/c1-8-3-13(21-22-7-9(2)19-15(8)22)10-4-11-6-18-20-16(23)14(11)12(17)5-10/h3-7H,1-2H3,(H,20,23). The minimum absolute atomic E-state index is 0.0000234. The number of aryl methyl sites for hydroxylation is 2. The van der Waals surface area contributed by atoms with Gasteiger partial charge in [-0.05, 0) is 37.6 Å². The second kappa shape index (κ2) is 4.70. The van der Waals surface area contributed by atoms with Gasteiger partial charge < -0.3 is 0 Å². The summed E-state index contributed by atoms with van der Waals surface area (Å²) < 4.78 is 16.0. The maximum atomic E-state index is 14.3. The third-order valence-electron chi connectivity index (χ3n) is 3.74. The van der Waals surface area contributed by atoms with Crippen molar-refractivity contribution in [2.75, 3.05) is 0 Å². The molecule has 1 N–H and O–H groups in total. The molecule has 0 unspecified atom stereocenters. The van der Waals surface area contributed by atoms with Crippen molar-refractivity contribution in [3.8, 4) is 11.3 Å². The van der Waals surface area contributed by atoms with Crippen molar-refractivity contribution in [1.29, 1.82) is 0 Å². The fourth-order valence-electron chi connectivity index (χ4n) is 2.72. The molecule has 0 amide bonds. The highest BCUT2D eigenvalue weighted by atomic mass is 19.1. The number of hydrogen-bond donors (Lipinski definition) is 1. The Morgan fingerprint density at radius 1 is 1.22 bits per heavy atom. The summed E-state index contributed by atoms with van der Waals surface area (Å²) in [4.78, 5) is 16.1. The van der Waals surface area contributed by atoms with Crippen LogP contribution in [0.25, 0.3) is 27.7 Å². The summed E-state index contributed by atoms with van der Waals surface area (Å²) in [5.74, 6) is -0.595. The van der Waals surface area contributed by atoms with E-state index in [1.807, 2.05) is 26.1 Å². The minimum Gasteiger partial charge on any atom is -0.267 e. The van der Waals surface area contributed by atoms with Crippen LogP contribution in [0.15, 0.2) is 35.4 Å². The molecule has 114 valence electrons. The molecule has 1 aromatic carbocycles. The zero-order valence-electron chi connectivity index (χ0n) is 12.5. The normalized spacial score (nSPS) is 11.4. The van der Waals surface area contributed by atoms with Crippen LogP contribution < -0.4 is 5.56 Å². The van der Waals surface area contributed by atoms with E-state index < -0.39 is 11.4 Å². The summed E-state index contributed by atoms with van der Waals surface area (Å²) in [6.07, 6.45) is 3.24. The van der Waals surface area contributed by atoms with Gasteiger partial charge in [-0.3, -0.25) is 4.79 Å². The van der Waals surface area contributed by atoms with Gasteiger partial charge in [-0.2, -0.15) is 10.2 Å². The lowest BCUT2D eigenvalue weighted by molar-refractivity contribution is 0.638. The van der Waals surface area contributed by atoms with Crippen LogP contribution in [-0.4, -0.2) is 24.8 Å². The van der Waals surface area contributed by atoms with E-state index >= 15 is 0 Å². The Morgan fingerprint density at radius 2 is 2.04 bits per heavy atom. The van der Waals surface area contributed by atoms with Gasteiger partial charge in [0.2, 0.25) is 0 Å². The third-order valence-corrected chi connectivity index (χ3v) is 3.74. The second-order valence-corrected chi connectivity index (χ2v) is 5.48. The molecule has 0 aliphatic carbocycles. The topological polar surface area (TPSA) is 75.9 Å². The number of aromatic amines is 1. The van der Waals surface area contributed by atoms with Crippen LogP contribution in [-0.2, 0) is 0 Å². The fraction of sp³-hybridized carbons (Fsp3) is 0.125. The molecular weight excluding hydrogens is 297 g/mol. The highest BCUT2D eigenvalue weighted by Gasteiger charge is 2.12. The van der Waals surface area contributed by atoms with Crippen LogP contribution >= 0.6 is 0 Å². The monoisotopic (exact) mass is 309 g/mol. The Morgan fingerprint density at radius 3 is 2.87 bits per heavy atom. The van der Waals surface area contributed by atoms with Gasteiger partial charge in [0, 0.05) is 10.9 Å². The van der Waals surface area contributed by atoms with E-state index in [4.69, 9.17) is 0 Å². The fourth-order valence-corrected chi connectivity index (χ4v) is 2.72. The smallest absolute Gasteiger partial charge is 0.267 e. The molecule has 4 rings (SSSR count). The van der Waals surface area contributed by atoms with E-state index in [0.29, 0.717) is 16.6 Å². The Labute approximate surface area is 129 Å². The number of benzene rings is 1. The lowest BCUT2D eigenvalue weighted by Crippen LogP contribution is -2.09. The van der Waals surface area contributed by atoms with Gasteiger partial charge in [-0.15, -0.1) is 0 Å². The predicted molar refractivity (Wildman–Crippen MR) is 83.8 cm³/mol. The van der Waals surface area contributed by atoms with Gasteiger partial charge in [0.25, 0.3) is 5.56 Å². The van der Waals surface area contributed by atoms with Gasteiger partial charge >= 0.3 is 0 Å². The molecule has 3 aromatic heterocycles. The quantitative estimate of drug-likeness (QED) is 0.586. The molecule has 4 aromatic rings. The molecule has 0 fully saturated rings. The van der Waals surface area contributed by atoms with E-state index in [2.05, 4.69) is 20.3 Å². The van der Waals surface area contributed by atoms with Crippen molar-refractivity contribution in [3.63, 3.8) is 0 Å². The molecule has 23 heavy (non-hydrogen) atoms. The highest BCUT2D eigenvalue weighted by molar-refractivity contribution is 5.86. The molecular formula is C16H12FN5O. The van der Waals surface area contributed by atoms with Crippen LogP contribution in [0.4, 0.5) is 4.39 Å². The first-order chi connectivity index (χ1) is 11.0.